The molecule has 1 aromatic heterocycles. The molecule has 0 fully saturated rings. The SMILES string of the molecule is N#Cc1c(N)[nH]c(=O)c(C#N)c1-c1ccc(Oc2ccc(Cl)cc2Cl)cc1. The fourth-order valence-electron chi connectivity index (χ4n) is 2.51. The highest BCUT2D eigenvalue weighted by Crippen LogP contribution is 2.33. The second kappa shape index (κ2) is 7.43. The Labute approximate surface area is 164 Å². The number of ether oxygens (including phenoxy) is 1. The van der Waals surface area contributed by atoms with Crippen LogP contribution in [-0.4, -0.2) is 4.98 Å². The normalized spacial score (nSPS) is 10.1. The van der Waals surface area contributed by atoms with Gasteiger partial charge >= 0.3 is 0 Å². The van der Waals surface area contributed by atoms with Gasteiger partial charge in [0.15, 0.2) is 0 Å². The molecule has 0 bridgehead atoms. The molecule has 1 heterocycles. The highest BCUT2D eigenvalue weighted by atomic mass is 35.5. The van der Waals surface area contributed by atoms with Gasteiger partial charge in [0.1, 0.15) is 40.6 Å². The van der Waals surface area contributed by atoms with Crippen LogP contribution in [0, 0.1) is 22.7 Å². The molecule has 0 saturated carbocycles. The van der Waals surface area contributed by atoms with E-state index < -0.39 is 5.56 Å². The number of halogens is 2. The van der Waals surface area contributed by atoms with Crippen molar-refractivity contribution in [2.24, 2.45) is 0 Å². The van der Waals surface area contributed by atoms with E-state index in [1.807, 2.05) is 12.1 Å². The lowest BCUT2D eigenvalue weighted by molar-refractivity contribution is 0.483. The minimum absolute atomic E-state index is 0.0283. The number of nitrogens with one attached hydrogen (secondary N) is 1. The van der Waals surface area contributed by atoms with Crippen molar-refractivity contribution in [1.29, 1.82) is 10.5 Å². The van der Waals surface area contributed by atoms with Gasteiger partial charge in [-0.05, 0) is 35.9 Å². The van der Waals surface area contributed by atoms with Crippen LogP contribution in [0.3, 0.4) is 0 Å². The summed E-state index contributed by atoms with van der Waals surface area (Å²) >= 11 is 11.9. The number of nitrogens with two attached hydrogens (primary N) is 1. The lowest BCUT2D eigenvalue weighted by Crippen LogP contribution is -2.16. The predicted octanol–water partition coefficient (Wildman–Crippen LogP) is 4.47. The summed E-state index contributed by atoms with van der Waals surface area (Å²) in [6, 6.07) is 15.1. The number of aromatic amines is 1. The molecule has 0 amide bonds. The maximum absolute atomic E-state index is 12.0. The van der Waals surface area contributed by atoms with E-state index in [9.17, 15) is 15.3 Å². The molecule has 0 aliphatic heterocycles. The van der Waals surface area contributed by atoms with Gasteiger partial charge in [0.2, 0.25) is 0 Å². The van der Waals surface area contributed by atoms with Crippen LogP contribution in [0.1, 0.15) is 11.1 Å². The van der Waals surface area contributed by atoms with Gasteiger partial charge in [-0.3, -0.25) is 4.79 Å². The van der Waals surface area contributed by atoms with Crippen molar-refractivity contribution < 1.29 is 4.74 Å². The number of benzene rings is 2. The van der Waals surface area contributed by atoms with Crippen LogP contribution in [0.5, 0.6) is 11.5 Å². The van der Waals surface area contributed by atoms with Gasteiger partial charge in [0, 0.05) is 10.6 Å². The van der Waals surface area contributed by atoms with Crippen LogP contribution in [0.15, 0.2) is 47.3 Å². The molecule has 3 aromatic rings. The minimum atomic E-state index is -0.655. The molecule has 0 aliphatic carbocycles. The fourth-order valence-corrected chi connectivity index (χ4v) is 2.95. The number of nitrogens with zero attached hydrogens (tertiary/aromatic N) is 2. The van der Waals surface area contributed by atoms with Crippen molar-refractivity contribution in [3.8, 4) is 34.8 Å². The molecule has 132 valence electrons. The summed E-state index contributed by atoms with van der Waals surface area (Å²) in [5.74, 6) is 0.798. The highest BCUT2D eigenvalue weighted by molar-refractivity contribution is 6.35. The molecule has 0 unspecified atom stereocenters. The van der Waals surface area contributed by atoms with Gasteiger partial charge in [-0.1, -0.05) is 35.3 Å². The molecular formula is C19H10Cl2N4O2. The van der Waals surface area contributed by atoms with Gasteiger partial charge in [0.25, 0.3) is 5.56 Å². The van der Waals surface area contributed by atoms with Gasteiger partial charge in [-0.2, -0.15) is 10.5 Å². The van der Waals surface area contributed by atoms with E-state index in [-0.39, 0.29) is 22.5 Å². The Morgan fingerprint density at radius 3 is 2.26 bits per heavy atom. The molecule has 27 heavy (non-hydrogen) atoms. The minimum Gasteiger partial charge on any atom is -0.456 e. The van der Waals surface area contributed by atoms with Crippen molar-refractivity contribution >= 4 is 29.0 Å². The zero-order valence-electron chi connectivity index (χ0n) is 13.6. The van der Waals surface area contributed by atoms with E-state index in [1.54, 1.807) is 42.5 Å². The van der Waals surface area contributed by atoms with E-state index >= 15 is 0 Å². The van der Waals surface area contributed by atoms with E-state index in [2.05, 4.69) is 4.98 Å². The smallest absolute Gasteiger partial charge is 0.268 e. The molecule has 3 N–H and O–H groups in total. The third-order valence-corrected chi connectivity index (χ3v) is 4.26. The summed E-state index contributed by atoms with van der Waals surface area (Å²) in [4.78, 5) is 14.3. The predicted molar refractivity (Wildman–Crippen MR) is 103 cm³/mol. The first-order valence-electron chi connectivity index (χ1n) is 7.54. The van der Waals surface area contributed by atoms with E-state index in [0.717, 1.165) is 0 Å². The third kappa shape index (κ3) is 3.58. The number of anilines is 1. The zero-order valence-corrected chi connectivity index (χ0v) is 15.1. The molecule has 2 aromatic carbocycles. The number of hydrogen-bond acceptors (Lipinski definition) is 5. The first-order valence-corrected chi connectivity index (χ1v) is 8.29. The van der Waals surface area contributed by atoms with E-state index in [0.29, 0.717) is 27.1 Å². The van der Waals surface area contributed by atoms with Gasteiger partial charge in [0.05, 0.1) is 5.02 Å². The Hall–Kier alpha value is -3.45. The van der Waals surface area contributed by atoms with Crippen LogP contribution >= 0.6 is 23.2 Å². The van der Waals surface area contributed by atoms with Crippen molar-refractivity contribution in [2.75, 3.05) is 5.73 Å². The lowest BCUT2D eigenvalue weighted by Gasteiger charge is -2.11. The van der Waals surface area contributed by atoms with Crippen LogP contribution in [-0.2, 0) is 0 Å². The summed E-state index contributed by atoms with van der Waals surface area (Å²) in [5.41, 5.74) is 5.56. The van der Waals surface area contributed by atoms with Crippen LogP contribution < -0.4 is 16.0 Å². The van der Waals surface area contributed by atoms with Crippen LogP contribution in [0.25, 0.3) is 11.1 Å². The summed E-state index contributed by atoms with van der Waals surface area (Å²) in [6.45, 7) is 0. The van der Waals surface area contributed by atoms with Crippen molar-refractivity contribution in [1.82, 2.24) is 4.98 Å². The van der Waals surface area contributed by atoms with Gasteiger partial charge in [-0.15, -0.1) is 0 Å². The van der Waals surface area contributed by atoms with E-state index in [4.69, 9.17) is 33.7 Å². The standard InChI is InChI=1S/C19H10Cl2N4O2/c20-11-3-6-16(15(21)7-11)27-12-4-1-10(2-5-12)17-13(8-22)18(24)25-19(26)14(17)9-23/h1-7H,(H3,24,25,26). The van der Waals surface area contributed by atoms with Crippen LogP contribution in [0.4, 0.5) is 5.82 Å². The summed E-state index contributed by atoms with van der Waals surface area (Å²) in [5, 5.41) is 19.5. The third-order valence-electron chi connectivity index (χ3n) is 3.73. The Bertz CT molecular complexity index is 1170. The summed E-state index contributed by atoms with van der Waals surface area (Å²) < 4.78 is 5.70. The number of nitrogen functional groups attached to an aromatic ring is 1. The Kier molecular flexibility index (Phi) is 5.05. The Morgan fingerprint density at radius 2 is 1.67 bits per heavy atom. The van der Waals surface area contributed by atoms with Crippen molar-refractivity contribution in [2.45, 2.75) is 0 Å². The Balaban J connectivity index is 2.03. The topological polar surface area (TPSA) is 116 Å². The van der Waals surface area contributed by atoms with Crippen LogP contribution in [0.2, 0.25) is 10.0 Å². The molecule has 0 saturated heterocycles. The zero-order chi connectivity index (χ0) is 19.6. The van der Waals surface area contributed by atoms with Crippen molar-refractivity contribution in [3.63, 3.8) is 0 Å². The summed E-state index contributed by atoms with van der Waals surface area (Å²) in [7, 11) is 0. The average Bonchev–Trinajstić information content (AvgIpc) is 2.64. The molecule has 0 radical (unpaired) electrons. The first-order chi connectivity index (χ1) is 12.9. The first kappa shape index (κ1) is 18.3. The molecule has 0 aliphatic rings. The molecule has 0 spiro atoms. The molecule has 0 atom stereocenters. The molecule has 3 rings (SSSR count). The Morgan fingerprint density at radius 1 is 1.00 bits per heavy atom. The second-order valence-corrected chi connectivity index (χ2v) is 6.26. The maximum Gasteiger partial charge on any atom is 0.268 e. The fraction of sp³-hybridized carbons (Fsp3) is 0. The average molecular weight is 397 g/mol. The highest BCUT2D eigenvalue weighted by Gasteiger charge is 2.18. The van der Waals surface area contributed by atoms with Crippen molar-refractivity contribution in [3.05, 3.63) is 74.0 Å². The second-order valence-electron chi connectivity index (χ2n) is 5.42. The number of hydrogen-bond donors (Lipinski definition) is 2. The quantitative estimate of drug-likeness (QED) is 0.677. The number of nitriles is 2. The van der Waals surface area contributed by atoms with Gasteiger partial charge in [-0.25, -0.2) is 0 Å². The number of H-pyrrole nitrogens is 1. The monoisotopic (exact) mass is 396 g/mol. The number of aromatic nitrogens is 1. The molecule has 8 heteroatoms. The maximum atomic E-state index is 12.0. The largest absolute Gasteiger partial charge is 0.456 e. The number of pyridine rings is 1. The van der Waals surface area contributed by atoms with E-state index in [1.165, 1.54) is 0 Å². The molecule has 6 nitrogen and oxygen atoms in total. The lowest BCUT2D eigenvalue weighted by atomic mass is 9.96. The number of rotatable bonds is 3. The molecular weight excluding hydrogens is 387 g/mol. The summed E-state index contributed by atoms with van der Waals surface area (Å²) in [6.07, 6.45) is 0. The van der Waals surface area contributed by atoms with Gasteiger partial charge < -0.3 is 15.5 Å².